The van der Waals surface area contributed by atoms with Crippen molar-refractivity contribution in [3.63, 3.8) is 0 Å². The number of methoxy groups -OCH3 is 1. The first-order chi connectivity index (χ1) is 13.2. The molecule has 0 saturated carbocycles. The number of aromatic nitrogens is 4. The van der Waals surface area contributed by atoms with Gasteiger partial charge < -0.3 is 4.74 Å². The number of aromatic amines is 1. The highest BCUT2D eigenvalue weighted by atomic mass is 16.6. The van der Waals surface area contributed by atoms with E-state index >= 15 is 0 Å². The van der Waals surface area contributed by atoms with E-state index < -0.39 is 0 Å². The van der Waals surface area contributed by atoms with Crippen LogP contribution < -0.4 is 10.2 Å². The largest absolute Gasteiger partial charge is 0.497 e. The Morgan fingerprint density at radius 1 is 1.37 bits per heavy atom. The van der Waals surface area contributed by atoms with Crippen molar-refractivity contribution in [2.45, 2.75) is 12.8 Å². The second-order valence-corrected chi connectivity index (χ2v) is 6.08. The zero-order valence-corrected chi connectivity index (χ0v) is 14.9. The zero-order chi connectivity index (χ0) is 18.8. The molecule has 1 aromatic carbocycles. The second-order valence-electron chi connectivity index (χ2n) is 6.08. The topological polar surface area (TPSA) is 94.1 Å². The molecule has 3 aromatic rings. The number of nitrogens with one attached hydrogen (secondary N) is 2. The Labute approximate surface area is 155 Å². The number of ether oxygens (including phenoxy) is 1. The number of hydroxylamine groups is 1. The van der Waals surface area contributed by atoms with Crippen molar-refractivity contribution in [1.29, 1.82) is 0 Å². The van der Waals surface area contributed by atoms with Gasteiger partial charge in [-0.15, -0.1) is 6.58 Å². The highest BCUT2D eigenvalue weighted by Crippen LogP contribution is 2.36. The van der Waals surface area contributed by atoms with Gasteiger partial charge in [-0.05, 0) is 37.1 Å². The average Bonchev–Trinajstić information content (AvgIpc) is 3.32. The Kier molecular flexibility index (Phi) is 4.47. The van der Waals surface area contributed by atoms with E-state index in [-0.39, 0.29) is 12.5 Å². The molecule has 0 atom stereocenters. The second kappa shape index (κ2) is 7.08. The molecule has 0 unspecified atom stereocenters. The van der Waals surface area contributed by atoms with Gasteiger partial charge >= 0.3 is 0 Å². The Morgan fingerprint density at radius 3 is 2.93 bits per heavy atom. The maximum Gasteiger partial charge on any atom is 0.295 e. The summed E-state index contributed by atoms with van der Waals surface area (Å²) >= 11 is 0. The summed E-state index contributed by atoms with van der Waals surface area (Å²) in [6.45, 7) is 3.78. The van der Waals surface area contributed by atoms with Gasteiger partial charge in [0.15, 0.2) is 5.69 Å². The molecule has 0 aliphatic heterocycles. The molecule has 1 amide bonds. The molecule has 2 N–H and O–H groups in total. The van der Waals surface area contributed by atoms with Crippen LogP contribution in [0.3, 0.4) is 0 Å². The molecular formula is C19H19N5O3. The zero-order valence-electron chi connectivity index (χ0n) is 14.9. The first kappa shape index (κ1) is 17.0. The van der Waals surface area contributed by atoms with Gasteiger partial charge in [-0.2, -0.15) is 10.2 Å². The SMILES string of the molecule is C=CCONC(=O)c1nn(-c2ccc(OC)cc2)c2c1CCc1[nH]ncc1-2. The molecular weight excluding hydrogens is 346 g/mol. The molecule has 1 aliphatic rings. The molecule has 8 nitrogen and oxygen atoms in total. The van der Waals surface area contributed by atoms with Gasteiger partial charge in [0.25, 0.3) is 5.91 Å². The van der Waals surface area contributed by atoms with Gasteiger partial charge in [-0.1, -0.05) is 6.08 Å². The lowest BCUT2D eigenvalue weighted by atomic mass is 9.93. The summed E-state index contributed by atoms with van der Waals surface area (Å²) in [7, 11) is 1.62. The van der Waals surface area contributed by atoms with Gasteiger partial charge in [-0.3, -0.25) is 14.7 Å². The van der Waals surface area contributed by atoms with E-state index in [1.807, 2.05) is 24.3 Å². The number of rotatable bonds is 6. The van der Waals surface area contributed by atoms with Crippen LogP contribution in [0, 0.1) is 0 Å². The predicted molar refractivity (Wildman–Crippen MR) is 98.7 cm³/mol. The fourth-order valence-corrected chi connectivity index (χ4v) is 3.23. The third-order valence-corrected chi connectivity index (χ3v) is 4.48. The molecule has 4 rings (SSSR count). The number of hydrogen-bond acceptors (Lipinski definition) is 5. The number of carbonyl (C=O) groups excluding carboxylic acids is 1. The van der Waals surface area contributed by atoms with Crippen molar-refractivity contribution in [2.24, 2.45) is 0 Å². The molecule has 2 heterocycles. The van der Waals surface area contributed by atoms with Crippen LogP contribution in [0.4, 0.5) is 0 Å². The molecule has 1 aliphatic carbocycles. The van der Waals surface area contributed by atoms with Crippen LogP contribution in [-0.4, -0.2) is 39.6 Å². The summed E-state index contributed by atoms with van der Waals surface area (Å²) in [6.07, 6.45) is 4.78. The van der Waals surface area contributed by atoms with Crippen LogP contribution in [0.1, 0.15) is 21.7 Å². The third kappa shape index (κ3) is 3.00. The van der Waals surface area contributed by atoms with Gasteiger partial charge in [0, 0.05) is 16.8 Å². The average molecular weight is 365 g/mol. The quantitative estimate of drug-likeness (QED) is 0.397. The van der Waals surface area contributed by atoms with E-state index in [1.165, 1.54) is 0 Å². The molecule has 2 aromatic heterocycles. The lowest BCUT2D eigenvalue weighted by Crippen LogP contribution is -2.25. The van der Waals surface area contributed by atoms with Crippen molar-refractivity contribution in [3.05, 3.63) is 60.1 Å². The third-order valence-electron chi connectivity index (χ3n) is 4.48. The maximum atomic E-state index is 12.6. The lowest BCUT2D eigenvalue weighted by Gasteiger charge is -2.14. The van der Waals surface area contributed by atoms with Crippen molar-refractivity contribution >= 4 is 5.91 Å². The highest BCUT2D eigenvalue weighted by Gasteiger charge is 2.30. The summed E-state index contributed by atoms with van der Waals surface area (Å²) in [6, 6.07) is 7.51. The molecule has 0 fully saturated rings. The van der Waals surface area contributed by atoms with E-state index in [4.69, 9.17) is 9.57 Å². The molecule has 0 saturated heterocycles. The number of hydrogen-bond donors (Lipinski definition) is 2. The van der Waals surface area contributed by atoms with Crippen molar-refractivity contribution < 1.29 is 14.4 Å². The number of aryl methyl sites for hydroxylation is 1. The fraction of sp³-hybridized carbons (Fsp3) is 0.211. The number of nitrogens with zero attached hydrogens (tertiary/aromatic N) is 3. The van der Waals surface area contributed by atoms with Crippen LogP contribution >= 0.6 is 0 Å². The first-order valence-electron chi connectivity index (χ1n) is 8.55. The Bertz CT molecular complexity index is 987. The molecule has 8 heteroatoms. The van der Waals surface area contributed by atoms with Gasteiger partial charge in [-0.25, -0.2) is 10.2 Å². The summed E-state index contributed by atoms with van der Waals surface area (Å²) < 4.78 is 7.00. The van der Waals surface area contributed by atoms with Crippen molar-refractivity contribution in [1.82, 2.24) is 25.5 Å². The molecule has 0 radical (unpaired) electrons. The van der Waals surface area contributed by atoms with Crippen LogP contribution in [-0.2, 0) is 17.7 Å². The monoisotopic (exact) mass is 365 g/mol. The first-order valence-corrected chi connectivity index (χ1v) is 8.55. The molecule has 138 valence electrons. The van der Waals surface area contributed by atoms with Gasteiger partial charge in [0.1, 0.15) is 5.75 Å². The minimum Gasteiger partial charge on any atom is -0.497 e. The molecule has 27 heavy (non-hydrogen) atoms. The Balaban J connectivity index is 1.81. The Hall–Kier alpha value is -3.39. The summed E-state index contributed by atoms with van der Waals surface area (Å²) in [5, 5.41) is 11.8. The fourth-order valence-electron chi connectivity index (χ4n) is 3.23. The van der Waals surface area contributed by atoms with Crippen LogP contribution in [0.15, 0.2) is 43.1 Å². The number of benzene rings is 1. The summed E-state index contributed by atoms with van der Waals surface area (Å²) in [5.41, 5.74) is 7.31. The maximum absolute atomic E-state index is 12.6. The number of H-pyrrole nitrogens is 1. The minimum atomic E-state index is -0.382. The van der Waals surface area contributed by atoms with E-state index in [0.717, 1.165) is 40.4 Å². The van der Waals surface area contributed by atoms with E-state index in [2.05, 4.69) is 27.4 Å². The summed E-state index contributed by atoms with van der Waals surface area (Å²) in [4.78, 5) is 17.7. The number of carbonyl (C=O) groups is 1. The summed E-state index contributed by atoms with van der Waals surface area (Å²) in [5.74, 6) is 0.367. The van der Waals surface area contributed by atoms with Gasteiger partial charge in [0.05, 0.1) is 31.3 Å². The van der Waals surface area contributed by atoms with E-state index in [9.17, 15) is 4.79 Å². The standard InChI is InChI=1S/C19H19N5O3/c1-3-10-27-23-19(25)17-14-8-9-16-15(11-20-21-16)18(14)24(22-17)12-4-6-13(26-2)7-5-12/h3-7,11H,1,8-10H2,2H3,(H,20,21)(H,23,25). The Morgan fingerprint density at radius 2 is 2.19 bits per heavy atom. The number of amides is 1. The predicted octanol–water partition coefficient (Wildman–Crippen LogP) is 2.22. The van der Waals surface area contributed by atoms with Crippen molar-refractivity contribution in [2.75, 3.05) is 13.7 Å². The van der Waals surface area contributed by atoms with Crippen LogP contribution in [0.25, 0.3) is 16.9 Å². The van der Waals surface area contributed by atoms with Gasteiger partial charge in [0.2, 0.25) is 0 Å². The van der Waals surface area contributed by atoms with Crippen molar-refractivity contribution in [3.8, 4) is 22.7 Å². The van der Waals surface area contributed by atoms with Crippen LogP contribution in [0.5, 0.6) is 5.75 Å². The molecule has 0 bridgehead atoms. The minimum absolute atomic E-state index is 0.221. The van der Waals surface area contributed by atoms with Crippen LogP contribution in [0.2, 0.25) is 0 Å². The highest BCUT2D eigenvalue weighted by molar-refractivity contribution is 5.95. The number of fused-ring (bicyclic) bond motifs is 3. The smallest absolute Gasteiger partial charge is 0.295 e. The van der Waals surface area contributed by atoms with E-state index in [0.29, 0.717) is 12.1 Å². The molecule has 0 spiro atoms. The normalized spacial score (nSPS) is 12.2. The lowest BCUT2D eigenvalue weighted by molar-refractivity contribution is 0.0415. The van der Waals surface area contributed by atoms with E-state index in [1.54, 1.807) is 24.1 Å².